The molecule has 0 saturated heterocycles. The summed E-state index contributed by atoms with van der Waals surface area (Å²) in [6.07, 6.45) is 2.37. The van der Waals surface area contributed by atoms with Gasteiger partial charge in [-0.3, -0.25) is 4.98 Å². The number of rotatable bonds is 4. The number of nitrogens with zero attached hydrogens (tertiary/aromatic N) is 1. The first-order chi connectivity index (χ1) is 9.11. The van der Waals surface area contributed by atoms with E-state index in [2.05, 4.69) is 20.9 Å². The van der Waals surface area contributed by atoms with Gasteiger partial charge in [0, 0.05) is 6.20 Å². The van der Waals surface area contributed by atoms with Crippen LogP contribution in [0.1, 0.15) is 17.3 Å². The summed E-state index contributed by atoms with van der Waals surface area (Å²) >= 11 is 9.55. The Morgan fingerprint density at radius 3 is 2.84 bits per heavy atom. The monoisotopic (exact) mass is 340 g/mol. The number of halogens is 2. The second-order valence-electron chi connectivity index (χ2n) is 4.15. The quantitative estimate of drug-likeness (QED) is 0.921. The minimum Gasteiger partial charge on any atom is -0.496 e. The van der Waals surface area contributed by atoms with Gasteiger partial charge in [0.2, 0.25) is 0 Å². The number of ether oxygens (including phenoxy) is 1. The molecule has 1 unspecified atom stereocenters. The van der Waals surface area contributed by atoms with Crippen LogP contribution in [0.4, 0.5) is 0 Å². The minimum atomic E-state index is -0.228. The zero-order chi connectivity index (χ0) is 13.8. The fourth-order valence-corrected chi connectivity index (χ4v) is 2.71. The van der Waals surface area contributed by atoms with Crippen molar-refractivity contribution in [3.8, 4) is 5.75 Å². The summed E-state index contributed by atoms with van der Waals surface area (Å²) in [6.45, 7) is 0. The lowest BCUT2D eigenvalue weighted by molar-refractivity contribution is 0.412. The molecule has 0 fully saturated rings. The van der Waals surface area contributed by atoms with Crippen molar-refractivity contribution in [1.82, 2.24) is 4.98 Å². The molecule has 1 aromatic carbocycles. The van der Waals surface area contributed by atoms with E-state index in [1.807, 2.05) is 18.2 Å². The molecule has 0 radical (unpaired) electrons. The summed E-state index contributed by atoms with van der Waals surface area (Å²) in [5.41, 5.74) is 7.97. The predicted molar refractivity (Wildman–Crippen MR) is 80.6 cm³/mol. The molecule has 0 aliphatic carbocycles. The molecule has 0 bridgehead atoms. The number of hydrogen-bond acceptors (Lipinski definition) is 3. The molecule has 2 aromatic rings. The minimum absolute atomic E-state index is 0.228. The zero-order valence-corrected chi connectivity index (χ0v) is 12.8. The lowest BCUT2D eigenvalue weighted by Gasteiger charge is -2.13. The Kier molecular flexibility index (Phi) is 4.80. The van der Waals surface area contributed by atoms with E-state index in [9.17, 15) is 0 Å². The number of benzene rings is 1. The largest absolute Gasteiger partial charge is 0.496 e. The Hall–Kier alpha value is -1.10. The number of nitrogens with two attached hydrogens (primary N) is 1. The molecular formula is C14H14BrClN2O. The Balaban J connectivity index is 2.17. The first-order valence-electron chi connectivity index (χ1n) is 5.80. The number of hydrogen-bond donors (Lipinski definition) is 1. The van der Waals surface area contributed by atoms with Gasteiger partial charge in [-0.25, -0.2) is 0 Å². The van der Waals surface area contributed by atoms with Crippen molar-refractivity contribution in [2.75, 3.05) is 7.11 Å². The standard InChI is InChI=1S/C14H14BrClN2O/c1-19-13-5-4-9(7-10(13)15)8-12(17)14-11(16)3-2-6-18-14/h2-7,12H,8,17H2,1H3. The molecule has 5 heteroatoms. The third-order valence-corrected chi connectivity index (χ3v) is 3.75. The van der Waals surface area contributed by atoms with Gasteiger partial charge in [-0.15, -0.1) is 0 Å². The smallest absolute Gasteiger partial charge is 0.133 e. The maximum Gasteiger partial charge on any atom is 0.133 e. The molecule has 100 valence electrons. The molecule has 2 N–H and O–H groups in total. The van der Waals surface area contributed by atoms with Gasteiger partial charge in [-0.2, -0.15) is 0 Å². The molecule has 1 atom stereocenters. The van der Waals surface area contributed by atoms with E-state index in [-0.39, 0.29) is 6.04 Å². The van der Waals surface area contributed by atoms with Crippen LogP contribution in [0.5, 0.6) is 5.75 Å². The van der Waals surface area contributed by atoms with Crippen LogP contribution in [0.25, 0.3) is 0 Å². The van der Waals surface area contributed by atoms with Gasteiger partial charge in [-0.05, 0) is 52.2 Å². The highest BCUT2D eigenvalue weighted by molar-refractivity contribution is 9.10. The van der Waals surface area contributed by atoms with E-state index < -0.39 is 0 Å². The zero-order valence-electron chi connectivity index (χ0n) is 10.4. The Bertz CT molecular complexity index is 577. The maximum absolute atomic E-state index is 6.15. The van der Waals surface area contributed by atoms with Crippen LogP contribution in [0.3, 0.4) is 0 Å². The van der Waals surface area contributed by atoms with Crippen LogP contribution in [-0.4, -0.2) is 12.1 Å². The fraction of sp³-hybridized carbons (Fsp3) is 0.214. The number of methoxy groups -OCH3 is 1. The van der Waals surface area contributed by atoms with E-state index in [1.54, 1.807) is 25.4 Å². The molecule has 1 heterocycles. The van der Waals surface area contributed by atoms with Gasteiger partial charge in [0.15, 0.2) is 0 Å². The lowest BCUT2D eigenvalue weighted by Crippen LogP contribution is -2.15. The van der Waals surface area contributed by atoms with E-state index in [0.29, 0.717) is 11.4 Å². The third kappa shape index (κ3) is 3.47. The molecule has 0 spiro atoms. The molecule has 0 aliphatic rings. The highest BCUT2D eigenvalue weighted by Crippen LogP contribution is 2.28. The van der Waals surface area contributed by atoms with E-state index in [1.165, 1.54) is 0 Å². The van der Waals surface area contributed by atoms with Crippen LogP contribution < -0.4 is 10.5 Å². The molecule has 0 amide bonds. The first-order valence-corrected chi connectivity index (χ1v) is 6.97. The van der Waals surface area contributed by atoms with Crippen molar-refractivity contribution >= 4 is 27.5 Å². The normalized spacial score (nSPS) is 12.2. The average molecular weight is 342 g/mol. The van der Waals surface area contributed by atoms with Gasteiger partial charge in [0.25, 0.3) is 0 Å². The van der Waals surface area contributed by atoms with Gasteiger partial charge >= 0.3 is 0 Å². The number of pyridine rings is 1. The van der Waals surface area contributed by atoms with E-state index in [0.717, 1.165) is 21.5 Å². The molecule has 2 rings (SSSR count). The van der Waals surface area contributed by atoms with Crippen molar-refractivity contribution in [1.29, 1.82) is 0 Å². The second-order valence-corrected chi connectivity index (χ2v) is 5.41. The predicted octanol–water partition coefficient (Wildman–Crippen LogP) is 3.75. The molecule has 0 saturated carbocycles. The van der Waals surface area contributed by atoms with Crippen LogP contribution >= 0.6 is 27.5 Å². The van der Waals surface area contributed by atoms with E-state index in [4.69, 9.17) is 22.1 Å². The maximum atomic E-state index is 6.15. The highest BCUT2D eigenvalue weighted by atomic mass is 79.9. The fourth-order valence-electron chi connectivity index (χ4n) is 1.86. The summed E-state index contributed by atoms with van der Waals surface area (Å²) in [7, 11) is 1.64. The van der Waals surface area contributed by atoms with Crippen molar-refractivity contribution in [3.63, 3.8) is 0 Å². The summed E-state index contributed by atoms with van der Waals surface area (Å²) in [6, 6.07) is 9.26. The SMILES string of the molecule is COc1ccc(CC(N)c2ncccc2Cl)cc1Br. The summed E-state index contributed by atoms with van der Waals surface area (Å²) in [4.78, 5) is 4.24. The first kappa shape index (κ1) is 14.3. The molecule has 19 heavy (non-hydrogen) atoms. The van der Waals surface area contributed by atoms with Crippen LogP contribution in [0, 0.1) is 0 Å². The topological polar surface area (TPSA) is 48.1 Å². The van der Waals surface area contributed by atoms with Gasteiger partial charge in [-0.1, -0.05) is 17.7 Å². The summed E-state index contributed by atoms with van der Waals surface area (Å²) in [5, 5.41) is 0.600. The van der Waals surface area contributed by atoms with Gasteiger partial charge in [0.05, 0.1) is 28.3 Å². The lowest BCUT2D eigenvalue weighted by atomic mass is 10.0. The Labute approximate surface area is 125 Å². The second kappa shape index (κ2) is 6.37. The van der Waals surface area contributed by atoms with Crippen LogP contribution in [0.2, 0.25) is 5.02 Å². The van der Waals surface area contributed by atoms with Crippen molar-refractivity contribution in [3.05, 3.63) is 57.3 Å². The highest BCUT2D eigenvalue weighted by Gasteiger charge is 2.13. The summed E-state index contributed by atoms with van der Waals surface area (Å²) in [5.74, 6) is 0.799. The van der Waals surface area contributed by atoms with Crippen LogP contribution in [-0.2, 0) is 6.42 Å². The van der Waals surface area contributed by atoms with Gasteiger partial charge < -0.3 is 10.5 Å². The van der Waals surface area contributed by atoms with Crippen molar-refractivity contribution in [2.24, 2.45) is 5.73 Å². The molecule has 3 nitrogen and oxygen atoms in total. The molecule has 1 aromatic heterocycles. The van der Waals surface area contributed by atoms with Gasteiger partial charge in [0.1, 0.15) is 5.75 Å². The van der Waals surface area contributed by atoms with Crippen molar-refractivity contribution < 1.29 is 4.74 Å². The molecule has 0 aliphatic heterocycles. The Morgan fingerprint density at radius 2 is 2.21 bits per heavy atom. The van der Waals surface area contributed by atoms with E-state index >= 15 is 0 Å². The number of aromatic nitrogens is 1. The Morgan fingerprint density at radius 1 is 1.42 bits per heavy atom. The average Bonchev–Trinajstić information content (AvgIpc) is 2.39. The van der Waals surface area contributed by atoms with Crippen molar-refractivity contribution in [2.45, 2.75) is 12.5 Å². The third-order valence-electron chi connectivity index (χ3n) is 2.81. The van der Waals surface area contributed by atoms with Crippen LogP contribution in [0.15, 0.2) is 41.0 Å². The summed E-state index contributed by atoms with van der Waals surface area (Å²) < 4.78 is 6.11. The molecular weight excluding hydrogens is 328 g/mol.